The van der Waals surface area contributed by atoms with E-state index in [4.69, 9.17) is 18.9 Å². The summed E-state index contributed by atoms with van der Waals surface area (Å²) in [6.07, 6.45) is 2.64. The van der Waals surface area contributed by atoms with Gasteiger partial charge in [0.2, 0.25) is 10.9 Å². The molecule has 1 unspecified atom stereocenters. The van der Waals surface area contributed by atoms with Crippen LogP contribution in [0.5, 0.6) is 11.5 Å². The van der Waals surface area contributed by atoms with E-state index in [1.165, 1.54) is 12.1 Å². The fourth-order valence-electron chi connectivity index (χ4n) is 5.89. The van der Waals surface area contributed by atoms with Crippen LogP contribution in [0.1, 0.15) is 32.1 Å². The zero-order valence-electron chi connectivity index (χ0n) is 25.9. The quantitative estimate of drug-likeness (QED) is 0.314. The number of aromatic nitrogens is 2. The Morgan fingerprint density at radius 1 is 0.604 bits per heavy atom. The number of morpholine rings is 2. The van der Waals surface area contributed by atoms with Crippen molar-refractivity contribution in [1.29, 1.82) is 0 Å². The van der Waals surface area contributed by atoms with Crippen molar-refractivity contribution in [3.63, 3.8) is 0 Å². The first-order valence-corrected chi connectivity index (χ1v) is 15.6. The summed E-state index contributed by atoms with van der Waals surface area (Å²) in [5.74, 6) is -0.293. The lowest BCUT2D eigenvalue weighted by atomic mass is 10.2. The van der Waals surface area contributed by atoms with Gasteiger partial charge >= 0.3 is 0 Å². The van der Waals surface area contributed by atoms with Gasteiger partial charge in [-0.1, -0.05) is 60.7 Å². The van der Waals surface area contributed by atoms with Crippen LogP contribution >= 0.6 is 0 Å². The average Bonchev–Trinajstić information content (AvgIpc) is 3.12. The van der Waals surface area contributed by atoms with Gasteiger partial charge in [0.25, 0.3) is 11.8 Å². The number of rotatable bonds is 6. The maximum atomic E-state index is 12.8. The van der Waals surface area contributed by atoms with Gasteiger partial charge in [0.05, 0.1) is 26.4 Å². The lowest BCUT2D eigenvalue weighted by Crippen LogP contribution is -2.59. The number of benzene rings is 2. The number of hydrogen-bond acceptors (Lipinski definition) is 10. The number of pyridine rings is 2. The van der Waals surface area contributed by atoms with Gasteiger partial charge in [-0.15, -0.1) is 0 Å². The second-order valence-corrected chi connectivity index (χ2v) is 11.4. The molecule has 4 aromatic rings. The summed E-state index contributed by atoms with van der Waals surface area (Å²) in [5, 5.41) is 0. The number of amides is 2. The lowest BCUT2D eigenvalue weighted by molar-refractivity contribution is -0.00339. The first-order valence-electron chi connectivity index (χ1n) is 15.6. The van der Waals surface area contributed by atoms with Crippen molar-refractivity contribution in [2.24, 2.45) is 0 Å². The monoisotopic (exact) mass is 654 g/mol. The van der Waals surface area contributed by atoms with E-state index in [0.717, 1.165) is 11.1 Å². The minimum absolute atomic E-state index is 0.0730. The molecule has 2 aromatic heterocycles. The van der Waals surface area contributed by atoms with Gasteiger partial charge in [-0.2, -0.15) is 0 Å². The minimum Gasteiger partial charge on any atom is -0.482 e. The molecule has 2 atom stereocenters. The highest BCUT2D eigenvalue weighted by Crippen LogP contribution is 2.24. The predicted octanol–water partition coefficient (Wildman–Crippen LogP) is 1.57. The first kappa shape index (κ1) is 31.0. The molecule has 8 rings (SSSR count). The van der Waals surface area contributed by atoms with E-state index in [1.807, 2.05) is 60.7 Å². The van der Waals surface area contributed by atoms with Crippen molar-refractivity contribution < 1.29 is 28.5 Å². The highest BCUT2D eigenvalue weighted by atomic mass is 16.5. The van der Waals surface area contributed by atoms with E-state index >= 15 is 0 Å². The third kappa shape index (κ3) is 6.22. The fraction of sp³-hybridized carbons (Fsp3) is 0.294. The SMILES string of the molecule is O=C1c2c(OCc3ccccc3)c(=O)ccn2NC2COCCN12.O=C1c2c(OCc3ccccc3)c(=O)ccn2N[C@@H]2COCCN12. The molecule has 6 heterocycles. The largest absolute Gasteiger partial charge is 0.482 e. The van der Waals surface area contributed by atoms with Gasteiger partial charge < -0.3 is 39.6 Å². The van der Waals surface area contributed by atoms with Crippen LogP contribution in [0.25, 0.3) is 0 Å². The number of carbonyl (C=O) groups excluding carboxylic acids is 2. The molecule has 4 aliphatic heterocycles. The molecule has 14 nitrogen and oxygen atoms in total. The Bertz CT molecular complexity index is 1780. The number of fused-ring (bicyclic) bond motifs is 4. The van der Waals surface area contributed by atoms with Gasteiger partial charge in [-0.3, -0.25) is 28.5 Å². The van der Waals surface area contributed by atoms with Crippen molar-refractivity contribution in [3.8, 4) is 11.5 Å². The summed E-state index contributed by atoms with van der Waals surface area (Å²) >= 11 is 0. The molecule has 2 amide bonds. The van der Waals surface area contributed by atoms with Crippen molar-refractivity contribution >= 4 is 11.8 Å². The maximum absolute atomic E-state index is 12.8. The van der Waals surface area contributed by atoms with Gasteiger partial charge in [0.15, 0.2) is 22.9 Å². The topological polar surface area (TPSA) is 146 Å². The molecule has 2 N–H and O–H groups in total. The van der Waals surface area contributed by atoms with Gasteiger partial charge in [-0.05, 0) is 11.1 Å². The Hall–Kier alpha value is -5.60. The van der Waals surface area contributed by atoms with Gasteiger partial charge in [-0.25, -0.2) is 0 Å². The van der Waals surface area contributed by atoms with Crippen LogP contribution in [-0.2, 0) is 22.7 Å². The molecule has 0 bridgehead atoms. The van der Waals surface area contributed by atoms with Gasteiger partial charge in [0, 0.05) is 37.6 Å². The molecular formula is C34H34N6O8. The summed E-state index contributed by atoms with van der Waals surface area (Å²) < 4.78 is 25.3. The van der Waals surface area contributed by atoms with Crippen LogP contribution in [0.4, 0.5) is 0 Å². The highest BCUT2D eigenvalue weighted by Gasteiger charge is 2.38. The molecule has 2 fully saturated rings. The highest BCUT2D eigenvalue weighted by molar-refractivity contribution is 5.97. The molecule has 4 aliphatic rings. The van der Waals surface area contributed by atoms with Crippen molar-refractivity contribution in [3.05, 3.63) is 128 Å². The van der Waals surface area contributed by atoms with Crippen LogP contribution in [0.15, 0.2) is 94.8 Å². The van der Waals surface area contributed by atoms with E-state index in [-0.39, 0.29) is 71.1 Å². The van der Waals surface area contributed by atoms with Crippen LogP contribution in [0.3, 0.4) is 0 Å². The Labute approximate surface area is 274 Å². The number of carbonyl (C=O) groups is 2. The summed E-state index contributed by atoms with van der Waals surface area (Å²) in [4.78, 5) is 53.5. The van der Waals surface area contributed by atoms with E-state index in [0.29, 0.717) is 39.5 Å². The molecule has 0 aliphatic carbocycles. The van der Waals surface area contributed by atoms with Crippen molar-refractivity contribution in [2.75, 3.05) is 50.4 Å². The third-order valence-electron chi connectivity index (χ3n) is 8.32. The molecule has 14 heteroatoms. The summed E-state index contributed by atoms with van der Waals surface area (Å²) in [7, 11) is 0. The van der Waals surface area contributed by atoms with Crippen molar-refractivity contribution in [2.45, 2.75) is 25.5 Å². The lowest BCUT2D eigenvalue weighted by Gasteiger charge is -2.41. The molecule has 0 saturated carbocycles. The average molecular weight is 655 g/mol. The molecule has 0 radical (unpaired) electrons. The Balaban J connectivity index is 0.000000152. The third-order valence-corrected chi connectivity index (χ3v) is 8.32. The molecule has 248 valence electrons. The normalized spacial score (nSPS) is 19.2. The maximum Gasteiger partial charge on any atom is 0.278 e. The Kier molecular flexibility index (Phi) is 8.81. The predicted molar refractivity (Wildman–Crippen MR) is 173 cm³/mol. The fourth-order valence-corrected chi connectivity index (χ4v) is 5.89. The zero-order valence-corrected chi connectivity index (χ0v) is 25.9. The number of nitrogens with zero attached hydrogens (tertiary/aromatic N) is 4. The zero-order chi connectivity index (χ0) is 33.0. The summed E-state index contributed by atoms with van der Waals surface area (Å²) in [6.45, 7) is 3.23. The van der Waals surface area contributed by atoms with Crippen LogP contribution in [0, 0.1) is 0 Å². The summed E-state index contributed by atoms with van der Waals surface area (Å²) in [6, 6.07) is 21.8. The van der Waals surface area contributed by atoms with E-state index in [9.17, 15) is 19.2 Å². The molecule has 2 saturated heterocycles. The van der Waals surface area contributed by atoms with Crippen LogP contribution < -0.4 is 31.2 Å². The first-order chi connectivity index (χ1) is 23.5. The standard InChI is InChI=1S/2C17H17N3O4/c2*21-13-6-7-20-15(16(13)24-10-12-4-2-1-3-5-12)17(22)19-8-9-23-11-14(19)18-20/h2*1-7,14,18H,8-11H2/t14-;/m0./s1. The van der Waals surface area contributed by atoms with Gasteiger partial charge in [0.1, 0.15) is 25.5 Å². The second-order valence-electron chi connectivity index (χ2n) is 11.4. The minimum atomic E-state index is -0.306. The van der Waals surface area contributed by atoms with E-state index in [2.05, 4.69) is 10.9 Å². The van der Waals surface area contributed by atoms with Crippen molar-refractivity contribution in [1.82, 2.24) is 19.2 Å². The smallest absolute Gasteiger partial charge is 0.278 e. The molecule has 48 heavy (non-hydrogen) atoms. The number of hydrogen-bond donors (Lipinski definition) is 2. The number of ether oxygens (including phenoxy) is 4. The van der Waals surface area contributed by atoms with E-state index in [1.54, 1.807) is 31.5 Å². The van der Waals surface area contributed by atoms with Crippen LogP contribution in [0.2, 0.25) is 0 Å². The molecule has 2 aromatic carbocycles. The molecular weight excluding hydrogens is 620 g/mol. The second kappa shape index (κ2) is 13.6. The Morgan fingerprint density at radius 2 is 1.02 bits per heavy atom. The van der Waals surface area contributed by atoms with E-state index < -0.39 is 0 Å². The molecule has 0 spiro atoms. The number of nitrogens with one attached hydrogen (secondary N) is 2. The Morgan fingerprint density at radius 3 is 1.44 bits per heavy atom. The van der Waals surface area contributed by atoms with Crippen LogP contribution in [-0.4, -0.2) is 82.8 Å². The summed E-state index contributed by atoms with van der Waals surface area (Å²) in [5.41, 5.74) is 8.06.